The van der Waals surface area contributed by atoms with Crippen molar-refractivity contribution in [2.75, 3.05) is 39.6 Å². The first-order chi connectivity index (χ1) is 19.9. The van der Waals surface area contributed by atoms with Crippen molar-refractivity contribution < 1.29 is 106 Å². The Bertz CT molecular complexity index is 1130. The van der Waals surface area contributed by atoms with Crippen molar-refractivity contribution in [3.05, 3.63) is 0 Å². The number of hydrogen-bond donors (Lipinski definition) is 0. The van der Waals surface area contributed by atoms with Gasteiger partial charge in [-0.1, -0.05) is 0 Å². The molecule has 0 radical (unpaired) electrons. The summed E-state index contributed by atoms with van der Waals surface area (Å²) in [5.41, 5.74) is 0. The minimum atomic E-state index is -6.34. The SMILES string of the molecule is FC1(F)COP2(=NP3(=NP4(=N2)OCC(F)(F)C(F)(F)C(F)(F)CO4)OCC(F)(F)C(F)(F)C(F)(F)CO3)OCC(F)(F)C1(F)F. The Morgan fingerprint density at radius 1 is 0.289 bits per heavy atom. The molecule has 0 bridgehead atoms. The van der Waals surface area contributed by atoms with Gasteiger partial charge in [-0.05, 0) is 0 Å². The molecule has 0 amide bonds. The second kappa shape index (κ2) is 10.3. The molecule has 9 nitrogen and oxygen atoms in total. The summed E-state index contributed by atoms with van der Waals surface area (Å²) in [6, 6.07) is 0. The lowest BCUT2D eigenvalue weighted by Gasteiger charge is -2.42. The summed E-state index contributed by atoms with van der Waals surface area (Å²) >= 11 is 0. The second-order valence-corrected chi connectivity index (χ2v) is 16.0. The van der Waals surface area contributed by atoms with Gasteiger partial charge in [0.2, 0.25) is 0 Å². The van der Waals surface area contributed by atoms with E-state index in [-0.39, 0.29) is 0 Å². The molecule has 0 aromatic rings. The summed E-state index contributed by atoms with van der Waals surface area (Å²) in [6.45, 7) is -18.0. The van der Waals surface area contributed by atoms with Crippen molar-refractivity contribution >= 4 is 23.0 Å². The zero-order valence-electron chi connectivity index (χ0n) is 20.7. The highest BCUT2D eigenvalue weighted by Gasteiger charge is 2.76. The van der Waals surface area contributed by atoms with Gasteiger partial charge in [-0.25, -0.2) is 0 Å². The Labute approximate surface area is 236 Å². The molecular formula is C15H12F18N3O6P3. The predicted molar refractivity (Wildman–Crippen MR) is 108 cm³/mol. The zero-order chi connectivity index (χ0) is 34.6. The summed E-state index contributed by atoms with van der Waals surface area (Å²) in [5.74, 6) is -54.8. The molecule has 45 heavy (non-hydrogen) atoms. The largest absolute Gasteiger partial charge is 0.376 e. The average molecular weight is 765 g/mol. The fourth-order valence-corrected chi connectivity index (χ4v) is 12.7. The van der Waals surface area contributed by atoms with Crippen LogP contribution in [0, 0.1) is 0 Å². The molecule has 4 rings (SSSR count). The van der Waals surface area contributed by atoms with Crippen molar-refractivity contribution in [1.82, 2.24) is 0 Å². The van der Waals surface area contributed by atoms with E-state index < -0.39 is 116 Å². The van der Waals surface area contributed by atoms with Gasteiger partial charge in [-0.2, -0.15) is 79.0 Å². The smallest absolute Gasteiger partial charge is 0.300 e. The molecular weight excluding hydrogens is 753 g/mol. The molecule has 0 unspecified atom stereocenters. The first-order valence-corrected chi connectivity index (χ1v) is 15.6. The number of hydrogen-bond acceptors (Lipinski definition) is 9. The highest BCUT2D eigenvalue weighted by molar-refractivity contribution is 7.78. The van der Waals surface area contributed by atoms with Gasteiger partial charge in [0.05, 0.1) is 0 Å². The molecule has 0 aromatic carbocycles. The van der Waals surface area contributed by atoms with E-state index in [1.54, 1.807) is 0 Å². The minimum Gasteiger partial charge on any atom is -0.300 e. The molecule has 4 aliphatic rings. The molecule has 3 saturated heterocycles. The van der Waals surface area contributed by atoms with E-state index in [1.165, 1.54) is 0 Å². The molecule has 0 N–H and O–H groups in total. The maximum atomic E-state index is 14.2. The Kier molecular flexibility index (Phi) is 8.51. The van der Waals surface area contributed by atoms with Crippen LogP contribution in [0.25, 0.3) is 0 Å². The van der Waals surface area contributed by atoms with E-state index in [4.69, 9.17) is 0 Å². The van der Waals surface area contributed by atoms with Gasteiger partial charge >= 0.3 is 76.3 Å². The molecule has 0 aromatic heterocycles. The van der Waals surface area contributed by atoms with Crippen molar-refractivity contribution in [1.29, 1.82) is 0 Å². The fraction of sp³-hybridized carbons (Fsp3) is 1.00. The molecule has 0 atom stereocenters. The van der Waals surface area contributed by atoms with E-state index >= 15 is 0 Å². The van der Waals surface area contributed by atoms with E-state index in [9.17, 15) is 79.0 Å². The van der Waals surface area contributed by atoms with Crippen LogP contribution in [0.5, 0.6) is 0 Å². The van der Waals surface area contributed by atoms with Crippen molar-refractivity contribution in [3.63, 3.8) is 0 Å². The number of rotatable bonds is 0. The van der Waals surface area contributed by atoms with Crippen LogP contribution in [0.4, 0.5) is 79.0 Å². The Morgan fingerprint density at radius 3 is 0.556 bits per heavy atom. The first kappa shape index (κ1) is 37.0. The third-order valence-electron chi connectivity index (χ3n) is 5.92. The van der Waals surface area contributed by atoms with Crippen LogP contribution in [0.2, 0.25) is 0 Å². The average Bonchev–Trinajstić information content (AvgIpc) is 2.90. The topological polar surface area (TPSA) is 92.5 Å². The van der Waals surface area contributed by atoms with Crippen LogP contribution in [0.15, 0.2) is 13.5 Å². The number of nitrogens with zero attached hydrogens (tertiary/aromatic N) is 3. The van der Waals surface area contributed by atoms with Crippen molar-refractivity contribution in [2.45, 2.75) is 53.3 Å². The summed E-state index contributed by atoms with van der Waals surface area (Å²) < 4.78 is 288. The third kappa shape index (κ3) is 5.72. The maximum absolute atomic E-state index is 14.2. The Hall–Kier alpha value is -0.810. The molecule has 264 valence electrons. The van der Waals surface area contributed by atoms with Gasteiger partial charge in [0.1, 0.15) is 39.6 Å². The van der Waals surface area contributed by atoms with E-state index in [1.807, 2.05) is 0 Å². The molecule has 4 heterocycles. The van der Waals surface area contributed by atoms with E-state index in [0.717, 1.165) is 0 Å². The predicted octanol–water partition coefficient (Wildman–Crippen LogP) is 8.70. The molecule has 4 aliphatic heterocycles. The minimum absolute atomic E-state index is 2.95. The highest BCUT2D eigenvalue weighted by atomic mass is 31.3. The molecule has 0 aliphatic carbocycles. The normalized spacial score (nSPS) is 34.3. The van der Waals surface area contributed by atoms with Crippen LogP contribution in [-0.4, -0.2) is 92.9 Å². The van der Waals surface area contributed by atoms with Crippen molar-refractivity contribution in [2.24, 2.45) is 13.5 Å². The summed E-state index contributed by atoms with van der Waals surface area (Å²) in [5, 5.41) is 0. The Balaban J connectivity index is 1.99. The number of halogens is 18. The van der Waals surface area contributed by atoms with Gasteiger partial charge in [-0.3, -0.25) is 27.1 Å². The van der Waals surface area contributed by atoms with Crippen LogP contribution < -0.4 is 0 Å². The Morgan fingerprint density at radius 2 is 0.422 bits per heavy atom. The zero-order valence-corrected chi connectivity index (χ0v) is 23.4. The molecule has 3 fully saturated rings. The maximum Gasteiger partial charge on any atom is 0.376 e. The lowest BCUT2D eigenvalue weighted by Crippen LogP contribution is -2.59. The van der Waals surface area contributed by atoms with Crippen LogP contribution in [0.1, 0.15) is 0 Å². The molecule has 30 heteroatoms. The summed E-state index contributed by atoms with van der Waals surface area (Å²) in [6.07, 6.45) is 0. The standard InChI is InChI=1S/C15H12F18N3O6P3/c16-7(17)1-37-43(38-2-8(18,19)13(7,28)29)34-44(39-3-9(20,21)14(30,31)10(22,23)4-40-44)36-45(35-43)41-5-11(24,25)15(32,33)12(26,27)6-42-45/h1-6H2. The highest BCUT2D eigenvalue weighted by Crippen LogP contribution is 2.82. The van der Waals surface area contributed by atoms with E-state index in [0.29, 0.717) is 0 Å². The van der Waals surface area contributed by atoms with Crippen LogP contribution in [0.3, 0.4) is 0 Å². The quantitative estimate of drug-likeness (QED) is 0.181. The first-order valence-electron chi connectivity index (χ1n) is 11.1. The van der Waals surface area contributed by atoms with E-state index in [2.05, 4.69) is 40.7 Å². The lowest BCUT2D eigenvalue weighted by molar-refractivity contribution is -0.326. The van der Waals surface area contributed by atoms with Gasteiger partial charge in [0.25, 0.3) is 0 Å². The monoisotopic (exact) mass is 765 g/mol. The van der Waals surface area contributed by atoms with Gasteiger partial charge in [-0.15, -0.1) is 13.5 Å². The second-order valence-electron chi connectivity index (χ2n) is 9.33. The van der Waals surface area contributed by atoms with Crippen LogP contribution >= 0.6 is 23.0 Å². The summed E-state index contributed by atoms with van der Waals surface area (Å²) in [7, 11) is -18.1. The number of alkyl halides is 18. The molecule has 0 saturated carbocycles. The molecule has 3 spiro atoms. The summed E-state index contributed by atoms with van der Waals surface area (Å²) in [4.78, 5) is 0. The van der Waals surface area contributed by atoms with Gasteiger partial charge in [0.15, 0.2) is 0 Å². The van der Waals surface area contributed by atoms with Gasteiger partial charge < -0.3 is 0 Å². The fourth-order valence-electron chi connectivity index (χ4n) is 3.24. The van der Waals surface area contributed by atoms with Crippen molar-refractivity contribution in [3.8, 4) is 0 Å². The third-order valence-corrected chi connectivity index (χ3v) is 14.1. The van der Waals surface area contributed by atoms with Gasteiger partial charge in [0, 0.05) is 0 Å². The van der Waals surface area contributed by atoms with Crippen LogP contribution in [-0.2, 0) is 27.1 Å². The lowest BCUT2D eigenvalue weighted by atomic mass is 10.1.